The number of nitrogens with two attached hydrogens (primary N) is 1. The van der Waals surface area contributed by atoms with Gasteiger partial charge in [-0.25, -0.2) is 13.1 Å². The van der Waals surface area contributed by atoms with Crippen molar-refractivity contribution in [3.8, 4) is 0 Å². The van der Waals surface area contributed by atoms with Crippen LogP contribution in [0.4, 0.5) is 0 Å². The summed E-state index contributed by atoms with van der Waals surface area (Å²) in [6.45, 7) is 8.17. The topological polar surface area (TPSA) is 72.2 Å². The summed E-state index contributed by atoms with van der Waals surface area (Å²) in [5, 5.41) is 0. The quantitative estimate of drug-likeness (QED) is 0.841. The number of hydrogen-bond acceptors (Lipinski definition) is 3. The maximum atomic E-state index is 12.4. The van der Waals surface area contributed by atoms with Gasteiger partial charge in [0.25, 0.3) is 0 Å². The van der Waals surface area contributed by atoms with Gasteiger partial charge in [0.15, 0.2) is 0 Å². The van der Waals surface area contributed by atoms with Gasteiger partial charge in [0.2, 0.25) is 10.0 Å². The molecule has 5 heteroatoms. The second-order valence-corrected chi connectivity index (χ2v) is 7.14. The van der Waals surface area contributed by atoms with Crippen LogP contribution in [-0.2, 0) is 16.6 Å². The Hall–Kier alpha value is -0.910. The van der Waals surface area contributed by atoms with Crippen LogP contribution in [0.2, 0.25) is 0 Å². The molecule has 0 heterocycles. The van der Waals surface area contributed by atoms with Crippen molar-refractivity contribution in [3.63, 3.8) is 0 Å². The summed E-state index contributed by atoms with van der Waals surface area (Å²) in [6.07, 6.45) is 0.814. The number of nitrogens with one attached hydrogen (secondary N) is 1. The van der Waals surface area contributed by atoms with Crippen LogP contribution in [0.25, 0.3) is 0 Å². The maximum Gasteiger partial charge on any atom is 0.241 e. The SMILES string of the molecule is Cc1ccc(CN)cc1S(=O)(=O)NC(C)CC(C)C. The van der Waals surface area contributed by atoms with Crippen LogP contribution in [0, 0.1) is 12.8 Å². The normalized spacial score (nSPS) is 13.8. The molecule has 0 aromatic heterocycles. The summed E-state index contributed by atoms with van der Waals surface area (Å²) in [5.74, 6) is 0.453. The van der Waals surface area contributed by atoms with E-state index in [0.717, 1.165) is 17.5 Å². The Balaban J connectivity index is 3.00. The summed E-state index contributed by atoms with van der Waals surface area (Å²) in [4.78, 5) is 0.325. The smallest absolute Gasteiger partial charge is 0.241 e. The molecule has 1 aromatic rings. The molecule has 0 bridgehead atoms. The molecule has 0 fully saturated rings. The third-order valence-corrected chi connectivity index (χ3v) is 4.69. The number of benzene rings is 1. The van der Waals surface area contributed by atoms with Crippen LogP contribution in [-0.4, -0.2) is 14.5 Å². The summed E-state index contributed by atoms with van der Waals surface area (Å²) in [7, 11) is -3.47. The fourth-order valence-corrected chi connectivity index (χ4v) is 3.70. The summed E-state index contributed by atoms with van der Waals surface area (Å²) in [5.41, 5.74) is 7.12. The van der Waals surface area contributed by atoms with E-state index in [1.807, 2.05) is 13.0 Å². The average molecular weight is 284 g/mol. The van der Waals surface area contributed by atoms with Crippen LogP contribution >= 0.6 is 0 Å². The molecule has 0 spiro atoms. The van der Waals surface area contributed by atoms with Gasteiger partial charge in [-0.3, -0.25) is 0 Å². The van der Waals surface area contributed by atoms with Gasteiger partial charge in [-0.05, 0) is 43.4 Å². The Bertz CT molecular complexity index is 524. The molecule has 0 saturated carbocycles. The molecular formula is C14H24N2O2S. The Morgan fingerprint density at radius 2 is 1.89 bits per heavy atom. The van der Waals surface area contributed by atoms with Crippen LogP contribution in [0.3, 0.4) is 0 Å². The molecule has 108 valence electrons. The highest BCUT2D eigenvalue weighted by molar-refractivity contribution is 7.89. The third-order valence-electron chi connectivity index (χ3n) is 2.96. The van der Waals surface area contributed by atoms with E-state index in [2.05, 4.69) is 18.6 Å². The second kappa shape index (κ2) is 6.50. The summed E-state index contributed by atoms with van der Waals surface area (Å²) < 4.78 is 27.4. The molecule has 1 atom stereocenters. The van der Waals surface area contributed by atoms with E-state index in [9.17, 15) is 8.42 Å². The van der Waals surface area contributed by atoms with Crippen molar-refractivity contribution in [2.45, 2.75) is 51.6 Å². The predicted molar refractivity (Wildman–Crippen MR) is 78.3 cm³/mol. The highest BCUT2D eigenvalue weighted by atomic mass is 32.2. The van der Waals surface area contributed by atoms with E-state index in [-0.39, 0.29) is 6.04 Å². The number of hydrogen-bond donors (Lipinski definition) is 2. The van der Waals surface area contributed by atoms with Gasteiger partial charge in [-0.2, -0.15) is 0 Å². The first-order valence-electron chi connectivity index (χ1n) is 6.58. The molecule has 0 saturated heterocycles. The molecule has 0 amide bonds. The molecule has 0 aliphatic rings. The molecule has 3 N–H and O–H groups in total. The largest absolute Gasteiger partial charge is 0.326 e. The van der Waals surface area contributed by atoms with Gasteiger partial charge >= 0.3 is 0 Å². The zero-order valence-electron chi connectivity index (χ0n) is 12.1. The maximum absolute atomic E-state index is 12.4. The van der Waals surface area contributed by atoms with E-state index >= 15 is 0 Å². The van der Waals surface area contributed by atoms with Crippen molar-refractivity contribution in [1.29, 1.82) is 0 Å². The molecule has 1 rings (SSSR count). The van der Waals surface area contributed by atoms with Crippen molar-refractivity contribution in [1.82, 2.24) is 4.72 Å². The lowest BCUT2D eigenvalue weighted by Crippen LogP contribution is -2.34. The summed E-state index contributed by atoms with van der Waals surface area (Å²) in [6, 6.07) is 5.22. The van der Waals surface area contributed by atoms with Crippen LogP contribution < -0.4 is 10.5 Å². The highest BCUT2D eigenvalue weighted by Gasteiger charge is 2.20. The first-order chi connectivity index (χ1) is 8.76. The minimum Gasteiger partial charge on any atom is -0.326 e. The molecule has 0 aliphatic carbocycles. The molecule has 1 unspecified atom stereocenters. The standard InChI is InChI=1S/C14H24N2O2S/c1-10(2)7-12(4)16-19(17,18)14-8-13(9-15)6-5-11(14)3/h5-6,8,10,12,16H,7,9,15H2,1-4H3. The first kappa shape index (κ1) is 16.1. The number of aryl methyl sites for hydroxylation is 1. The lowest BCUT2D eigenvalue weighted by atomic mass is 10.1. The highest BCUT2D eigenvalue weighted by Crippen LogP contribution is 2.18. The molecule has 0 radical (unpaired) electrons. The predicted octanol–water partition coefficient (Wildman–Crippen LogP) is 2.17. The zero-order valence-corrected chi connectivity index (χ0v) is 12.9. The van der Waals surface area contributed by atoms with E-state index in [4.69, 9.17) is 5.73 Å². The monoisotopic (exact) mass is 284 g/mol. The minimum absolute atomic E-state index is 0.0778. The van der Waals surface area contributed by atoms with Crippen LogP contribution in [0.15, 0.2) is 23.1 Å². The van der Waals surface area contributed by atoms with Gasteiger partial charge in [-0.15, -0.1) is 0 Å². The number of sulfonamides is 1. The van der Waals surface area contributed by atoms with Gasteiger partial charge in [0.1, 0.15) is 0 Å². The van der Waals surface area contributed by atoms with E-state index in [1.165, 1.54) is 0 Å². The molecule has 19 heavy (non-hydrogen) atoms. The minimum atomic E-state index is -3.47. The Morgan fingerprint density at radius 3 is 2.42 bits per heavy atom. The zero-order chi connectivity index (χ0) is 14.6. The fourth-order valence-electron chi connectivity index (χ4n) is 2.14. The Morgan fingerprint density at radius 1 is 1.26 bits per heavy atom. The van der Waals surface area contributed by atoms with E-state index in [1.54, 1.807) is 19.1 Å². The van der Waals surface area contributed by atoms with Gasteiger partial charge in [0, 0.05) is 12.6 Å². The van der Waals surface area contributed by atoms with E-state index < -0.39 is 10.0 Å². The van der Waals surface area contributed by atoms with Crippen molar-refractivity contribution >= 4 is 10.0 Å². The van der Waals surface area contributed by atoms with Gasteiger partial charge in [0.05, 0.1) is 4.90 Å². The fraction of sp³-hybridized carbons (Fsp3) is 0.571. The van der Waals surface area contributed by atoms with Crippen molar-refractivity contribution in [2.75, 3.05) is 0 Å². The molecule has 0 aliphatic heterocycles. The average Bonchev–Trinajstić information content (AvgIpc) is 2.27. The molecule has 1 aromatic carbocycles. The van der Waals surface area contributed by atoms with Gasteiger partial charge < -0.3 is 5.73 Å². The Kier molecular flexibility index (Phi) is 5.52. The lowest BCUT2D eigenvalue weighted by molar-refractivity contribution is 0.482. The van der Waals surface area contributed by atoms with Crippen molar-refractivity contribution < 1.29 is 8.42 Å². The second-order valence-electron chi connectivity index (χ2n) is 5.46. The molecule has 4 nitrogen and oxygen atoms in total. The van der Waals surface area contributed by atoms with Crippen molar-refractivity contribution in [2.24, 2.45) is 11.7 Å². The molecular weight excluding hydrogens is 260 g/mol. The first-order valence-corrected chi connectivity index (χ1v) is 8.06. The van der Waals surface area contributed by atoms with E-state index in [0.29, 0.717) is 17.4 Å². The van der Waals surface area contributed by atoms with Crippen LogP contribution in [0.1, 0.15) is 38.3 Å². The Labute approximate surface area is 116 Å². The summed E-state index contributed by atoms with van der Waals surface area (Å²) >= 11 is 0. The lowest BCUT2D eigenvalue weighted by Gasteiger charge is -2.17. The third kappa shape index (κ3) is 4.60. The number of rotatable bonds is 6. The van der Waals surface area contributed by atoms with Crippen molar-refractivity contribution in [3.05, 3.63) is 29.3 Å². The van der Waals surface area contributed by atoms with Crippen LogP contribution in [0.5, 0.6) is 0 Å². The van der Waals surface area contributed by atoms with Gasteiger partial charge in [-0.1, -0.05) is 26.0 Å².